The fourth-order valence-electron chi connectivity index (χ4n) is 1.97. The van der Waals surface area contributed by atoms with Crippen molar-refractivity contribution in [3.8, 4) is 26.9 Å². The van der Waals surface area contributed by atoms with Gasteiger partial charge in [-0.3, -0.25) is 0 Å². The summed E-state index contributed by atoms with van der Waals surface area (Å²) in [7, 11) is 0. The molecular formula is C16H11NO3S. The fourth-order valence-corrected chi connectivity index (χ4v) is 2.94. The van der Waals surface area contributed by atoms with E-state index in [1.165, 1.54) is 23.5 Å². The summed E-state index contributed by atoms with van der Waals surface area (Å²) in [6, 6.07) is 16.0. The molecule has 104 valence electrons. The van der Waals surface area contributed by atoms with Crippen LogP contribution < -0.4 is 0 Å². The predicted molar refractivity (Wildman–Crippen MR) is 81.6 cm³/mol. The first-order valence-corrected chi connectivity index (χ1v) is 7.06. The normalized spacial score (nSPS) is 10.5. The Morgan fingerprint density at radius 1 is 0.952 bits per heavy atom. The lowest BCUT2D eigenvalue weighted by Crippen LogP contribution is -1.94. The Bertz CT molecular complexity index is 779. The standard InChI is InChI=1S/C16H11NO3S/c18-14-13(10-4-2-1-3-5-10)21-15(17-14)11-6-8-12(9-7-11)16(19)20/h1-9,18H,(H,19,20). The van der Waals surface area contributed by atoms with Crippen LogP contribution >= 0.6 is 11.3 Å². The average molecular weight is 297 g/mol. The van der Waals surface area contributed by atoms with Gasteiger partial charge in [0.25, 0.3) is 0 Å². The molecule has 0 atom stereocenters. The van der Waals surface area contributed by atoms with Gasteiger partial charge in [-0.2, -0.15) is 0 Å². The fraction of sp³-hybridized carbons (Fsp3) is 0. The van der Waals surface area contributed by atoms with E-state index in [1.807, 2.05) is 30.3 Å². The molecule has 0 saturated heterocycles. The van der Waals surface area contributed by atoms with Gasteiger partial charge in [0, 0.05) is 5.56 Å². The maximum Gasteiger partial charge on any atom is 0.335 e. The van der Waals surface area contributed by atoms with E-state index in [2.05, 4.69) is 4.98 Å². The second kappa shape index (κ2) is 5.38. The van der Waals surface area contributed by atoms with Crippen molar-refractivity contribution in [2.45, 2.75) is 0 Å². The second-order valence-electron chi connectivity index (χ2n) is 4.42. The van der Waals surface area contributed by atoms with Crippen LogP contribution in [-0.4, -0.2) is 21.2 Å². The lowest BCUT2D eigenvalue weighted by Gasteiger charge is -1.97. The van der Waals surface area contributed by atoms with Gasteiger partial charge in [-0.15, -0.1) is 11.3 Å². The third kappa shape index (κ3) is 2.64. The Labute approximate surface area is 125 Å². The molecule has 2 N–H and O–H groups in total. The van der Waals surface area contributed by atoms with Crippen LogP contribution in [0.2, 0.25) is 0 Å². The number of carbonyl (C=O) groups is 1. The Kier molecular flexibility index (Phi) is 3.41. The van der Waals surface area contributed by atoms with E-state index in [0.29, 0.717) is 9.88 Å². The van der Waals surface area contributed by atoms with E-state index in [1.54, 1.807) is 12.1 Å². The van der Waals surface area contributed by atoms with Crippen molar-refractivity contribution in [2.24, 2.45) is 0 Å². The van der Waals surface area contributed by atoms with Gasteiger partial charge >= 0.3 is 5.97 Å². The zero-order valence-electron chi connectivity index (χ0n) is 10.9. The van der Waals surface area contributed by atoms with Crippen LogP contribution in [0.4, 0.5) is 0 Å². The summed E-state index contributed by atoms with van der Waals surface area (Å²) in [5, 5.41) is 19.5. The minimum atomic E-state index is -0.964. The average Bonchev–Trinajstić information content (AvgIpc) is 2.90. The van der Waals surface area contributed by atoms with Crippen LogP contribution in [0.15, 0.2) is 54.6 Å². The minimum Gasteiger partial charge on any atom is -0.492 e. The summed E-state index contributed by atoms with van der Waals surface area (Å²) in [5.41, 5.74) is 1.91. The molecule has 0 aliphatic rings. The van der Waals surface area contributed by atoms with Crippen molar-refractivity contribution in [3.05, 3.63) is 60.2 Å². The molecule has 0 aliphatic heterocycles. The molecule has 5 heteroatoms. The molecular weight excluding hydrogens is 286 g/mol. The summed E-state index contributed by atoms with van der Waals surface area (Å²) in [6.45, 7) is 0. The van der Waals surface area contributed by atoms with Gasteiger partial charge in [-0.05, 0) is 17.7 Å². The third-order valence-electron chi connectivity index (χ3n) is 3.02. The number of carboxylic acids is 1. The molecule has 0 bridgehead atoms. The smallest absolute Gasteiger partial charge is 0.335 e. The van der Waals surface area contributed by atoms with E-state index < -0.39 is 5.97 Å². The second-order valence-corrected chi connectivity index (χ2v) is 5.42. The first-order chi connectivity index (χ1) is 10.1. The van der Waals surface area contributed by atoms with Gasteiger partial charge in [-0.1, -0.05) is 42.5 Å². The van der Waals surface area contributed by atoms with Crippen LogP contribution in [0, 0.1) is 0 Å². The number of nitrogens with zero attached hydrogens (tertiary/aromatic N) is 1. The highest BCUT2D eigenvalue weighted by molar-refractivity contribution is 7.18. The molecule has 1 aromatic heterocycles. The first kappa shape index (κ1) is 13.3. The molecule has 0 unspecified atom stereocenters. The number of thiazole rings is 1. The van der Waals surface area contributed by atoms with Crippen molar-refractivity contribution in [1.29, 1.82) is 0 Å². The van der Waals surface area contributed by atoms with E-state index in [-0.39, 0.29) is 11.4 Å². The lowest BCUT2D eigenvalue weighted by atomic mass is 10.1. The van der Waals surface area contributed by atoms with Crippen molar-refractivity contribution in [2.75, 3.05) is 0 Å². The number of aromatic nitrogens is 1. The molecule has 0 fully saturated rings. The third-order valence-corrected chi connectivity index (χ3v) is 4.17. The molecule has 0 amide bonds. The van der Waals surface area contributed by atoms with E-state index in [9.17, 15) is 9.90 Å². The summed E-state index contributed by atoms with van der Waals surface area (Å²) in [5.74, 6) is -0.975. The zero-order valence-corrected chi connectivity index (χ0v) is 11.7. The molecule has 3 aromatic rings. The van der Waals surface area contributed by atoms with Crippen LogP contribution in [0.1, 0.15) is 10.4 Å². The van der Waals surface area contributed by atoms with Crippen LogP contribution in [0.25, 0.3) is 21.0 Å². The van der Waals surface area contributed by atoms with Crippen LogP contribution in [-0.2, 0) is 0 Å². The van der Waals surface area contributed by atoms with E-state index >= 15 is 0 Å². The summed E-state index contributed by atoms with van der Waals surface area (Å²) in [4.78, 5) is 15.7. The first-order valence-electron chi connectivity index (χ1n) is 6.24. The van der Waals surface area contributed by atoms with E-state index in [4.69, 9.17) is 5.11 Å². The van der Waals surface area contributed by atoms with Gasteiger partial charge in [0.1, 0.15) is 5.01 Å². The summed E-state index contributed by atoms with van der Waals surface area (Å²) < 4.78 is 0. The van der Waals surface area contributed by atoms with Crippen molar-refractivity contribution < 1.29 is 15.0 Å². The number of benzene rings is 2. The lowest BCUT2D eigenvalue weighted by molar-refractivity contribution is 0.0697. The van der Waals surface area contributed by atoms with Crippen molar-refractivity contribution >= 4 is 17.3 Å². The minimum absolute atomic E-state index is 0.0106. The number of carboxylic acid groups (broad SMARTS) is 1. The van der Waals surface area contributed by atoms with Gasteiger partial charge < -0.3 is 10.2 Å². The number of rotatable bonds is 3. The molecule has 0 radical (unpaired) electrons. The topological polar surface area (TPSA) is 70.4 Å². The Morgan fingerprint density at radius 2 is 1.62 bits per heavy atom. The number of hydrogen-bond donors (Lipinski definition) is 2. The molecule has 0 spiro atoms. The Morgan fingerprint density at radius 3 is 2.24 bits per heavy atom. The maximum absolute atomic E-state index is 10.8. The molecule has 2 aromatic carbocycles. The number of aromatic carboxylic acids is 1. The maximum atomic E-state index is 10.8. The summed E-state index contributed by atoms with van der Waals surface area (Å²) >= 11 is 1.37. The van der Waals surface area contributed by atoms with E-state index in [0.717, 1.165) is 11.1 Å². The van der Waals surface area contributed by atoms with Crippen molar-refractivity contribution in [1.82, 2.24) is 4.98 Å². The largest absolute Gasteiger partial charge is 0.492 e. The highest BCUT2D eigenvalue weighted by Crippen LogP contribution is 2.38. The molecule has 1 heterocycles. The quantitative estimate of drug-likeness (QED) is 0.769. The molecule has 0 aliphatic carbocycles. The Hall–Kier alpha value is -2.66. The Balaban J connectivity index is 1.99. The monoisotopic (exact) mass is 297 g/mol. The summed E-state index contributed by atoms with van der Waals surface area (Å²) in [6.07, 6.45) is 0. The van der Waals surface area contributed by atoms with Gasteiger partial charge in [-0.25, -0.2) is 9.78 Å². The predicted octanol–water partition coefficient (Wildman–Crippen LogP) is 3.88. The van der Waals surface area contributed by atoms with Crippen molar-refractivity contribution in [3.63, 3.8) is 0 Å². The molecule has 0 saturated carbocycles. The van der Waals surface area contributed by atoms with Gasteiger partial charge in [0.15, 0.2) is 0 Å². The highest BCUT2D eigenvalue weighted by atomic mass is 32.1. The van der Waals surface area contributed by atoms with Crippen LogP contribution in [0.3, 0.4) is 0 Å². The highest BCUT2D eigenvalue weighted by Gasteiger charge is 2.13. The van der Waals surface area contributed by atoms with Gasteiger partial charge in [0.2, 0.25) is 5.88 Å². The zero-order chi connectivity index (χ0) is 14.8. The number of hydrogen-bond acceptors (Lipinski definition) is 4. The van der Waals surface area contributed by atoms with Crippen LogP contribution in [0.5, 0.6) is 5.88 Å². The molecule has 4 nitrogen and oxygen atoms in total. The SMILES string of the molecule is O=C(O)c1ccc(-c2nc(O)c(-c3ccccc3)s2)cc1. The molecule has 3 rings (SSSR count). The number of aromatic hydroxyl groups is 1. The van der Waals surface area contributed by atoms with Gasteiger partial charge in [0.05, 0.1) is 10.4 Å². The molecule has 21 heavy (non-hydrogen) atoms.